The van der Waals surface area contributed by atoms with Crippen LogP contribution in [0, 0.1) is 5.82 Å². The lowest BCUT2D eigenvalue weighted by molar-refractivity contribution is -0.131. The van der Waals surface area contributed by atoms with E-state index >= 15 is 0 Å². The SMILES string of the molecule is CN(Cc1ccc(F)cc1)C(=O)Cn1nc(-n2cncn2)ccc1=O. The number of rotatable bonds is 5. The van der Waals surface area contributed by atoms with E-state index in [4.69, 9.17) is 0 Å². The number of hydrogen-bond donors (Lipinski definition) is 0. The summed E-state index contributed by atoms with van der Waals surface area (Å²) in [5.41, 5.74) is 0.390. The molecule has 0 saturated carbocycles. The van der Waals surface area contributed by atoms with Gasteiger partial charge in [0.1, 0.15) is 25.0 Å². The average Bonchev–Trinajstić information content (AvgIpc) is 3.13. The molecule has 0 saturated heterocycles. The molecular formula is C16H15FN6O2. The summed E-state index contributed by atoms with van der Waals surface area (Å²) >= 11 is 0. The molecule has 25 heavy (non-hydrogen) atoms. The minimum atomic E-state index is -0.396. The molecule has 3 aromatic rings. The molecular weight excluding hydrogens is 327 g/mol. The van der Waals surface area contributed by atoms with Crippen molar-refractivity contribution in [3.05, 3.63) is 70.8 Å². The minimum absolute atomic E-state index is 0.209. The van der Waals surface area contributed by atoms with Crippen LogP contribution in [0.25, 0.3) is 5.82 Å². The van der Waals surface area contributed by atoms with Crippen molar-refractivity contribution < 1.29 is 9.18 Å². The van der Waals surface area contributed by atoms with E-state index in [1.165, 1.54) is 46.5 Å². The van der Waals surface area contributed by atoms with E-state index in [9.17, 15) is 14.0 Å². The first kappa shape index (κ1) is 16.5. The van der Waals surface area contributed by atoms with E-state index in [0.717, 1.165) is 10.2 Å². The van der Waals surface area contributed by atoms with Crippen molar-refractivity contribution >= 4 is 5.91 Å². The molecule has 0 unspecified atom stereocenters. The summed E-state index contributed by atoms with van der Waals surface area (Å²) in [6.45, 7) is 0.0930. The van der Waals surface area contributed by atoms with E-state index in [2.05, 4.69) is 15.2 Å². The summed E-state index contributed by atoms with van der Waals surface area (Å²) in [6, 6.07) is 8.70. The third-order valence-electron chi connectivity index (χ3n) is 3.55. The highest BCUT2D eigenvalue weighted by atomic mass is 19.1. The van der Waals surface area contributed by atoms with Gasteiger partial charge in [0.15, 0.2) is 5.82 Å². The Balaban J connectivity index is 1.72. The van der Waals surface area contributed by atoms with Crippen LogP contribution < -0.4 is 5.56 Å². The third-order valence-corrected chi connectivity index (χ3v) is 3.55. The smallest absolute Gasteiger partial charge is 0.267 e. The Morgan fingerprint density at radius 2 is 1.96 bits per heavy atom. The number of carbonyl (C=O) groups excluding carboxylic acids is 1. The molecule has 0 bridgehead atoms. The average molecular weight is 342 g/mol. The second-order valence-corrected chi connectivity index (χ2v) is 5.40. The van der Waals surface area contributed by atoms with Gasteiger partial charge in [-0.15, -0.1) is 5.10 Å². The Hall–Kier alpha value is -3.36. The summed E-state index contributed by atoms with van der Waals surface area (Å²) in [5.74, 6) is -0.251. The monoisotopic (exact) mass is 342 g/mol. The summed E-state index contributed by atoms with van der Waals surface area (Å²) in [6.07, 6.45) is 2.79. The molecule has 3 rings (SSSR count). The largest absolute Gasteiger partial charge is 0.340 e. The van der Waals surface area contributed by atoms with Crippen molar-refractivity contribution in [2.75, 3.05) is 7.05 Å². The van der Waals surface area contributed by atoms with Gasteiger partial charge >= 0.3 is 0 Å². The van der Waals surface area contributed by atoms with Crippen LogP contribution in [0.2, 0.25) is 0 Å². The number of halogens is 1. The number of amides is 1. The van der Waals surface area contributed by atoms with Gasteiger partial charge in [0.2, 0.25) is 5.91 Å². The highest BCUT2D eigenvalue weighted by Crippen LogP contribution is 2.06. The molecule has 0 radical (unpaired) electrons. The van der Waals surface area contributed by atoms with Crippen LogP contribution in [0.3, 0.4) is 0 Å². The van der Waals surface area contributed by atoms with Crippen LogP contribution in [-0.2, 0) is 17.9 Å². The number of nitrogens with zero attached hydrogens (tertiary/aromatic N) is 6. The second-order valence-electron chi connectivity index (χ2n) is 5.40. The van der Waals surface area contributed by atoms with E-state index < -0.39 is 5.56 Å². The van der Waals surface area contributed by atoms with Crippen LogP contribution in [-0.4, -0.2) is 42.4 Å². The molecule has 1 amide bonds. The maximum absolute atomic E-state index is 12.9. The molecule has 0 aliphatic heterocycles. The van der Waals surface area contributed by atoms with Gasteiger partial charge in [-0.3, -0.25) is 9.59 Å². The molecule has 0 aliphatic carbocycles. The molecule has 8 nitrogen and oxygen atoms in total. The first-order valence-electron chi connectivity index (χ1n) is 7.44. The van der Waals surface area contributed by atoms with Gasteiger partial charge < -0.3 is 4.90 Å². The minimum Gasteiger partial charge on any atom is -0.340 e. The van der Waals surface area contributed by atoms with Crippen LogP contribution in [0.5, 0.6) is 0 Å². The molecule has 0 atom stereocenters. The Bertz CT molecular complexity index is 921. The normalized spacial score (nSPS) is 10.6. The molecule has 2 heterocycles. The number of aromatic nitrogens is 5. The van der Waals surface area contributed by atoms with Crippen LogP contribution in [0.4, 0.5) is 4.39 Å². The maximum atomic E-state index is 12.9. The van der Waals surface area contributed by atoms with Gasteiger partial charge in [0, 0.05) is 19.7 Å². The van der Waals surface area contributed by atoms with Crippen molar-refractivity contribution in [1.82, 2.24) is 29.4 Å². The molecule has 128 valence electrons. The molecule has 0 aliphatic rings. The molecule has 1 aromatic carbocycles. The molecule has 2 aromatic heterocycles. The van der Waals surface area contributed by atoms with Crippen molar-refractivity contribution in [1.29, 1.82) is 0 Å². The Labute approximate surface area is 142 Å². The summed E-state index contributed by atoms with van der Waals surface area (Å²) < 4.78 is 15.4. The lowest BCUT2D eigenvalue weighted by Gasteiger charge is -2.17. The van der Waals surface area contributed by atoms with Gasteiger partial charge in [0.05, 0.1) is 0 Å². The zero-order valence-corrected chi connectivity index (χ0v) is 13.4. The third kappa shape index (κ3) is 3.94. The lowest BCUT2D eigenvalue weighted by atomic mass is 10.2. The highest BCUT2D eigenvalue weighted by Gasteiger charge is 2.13. The number of likely N-dealkylation sites (N-methyl/N-ethyl adjacent to an activating group) is 1. The van der Waals surface area contributed by atoms with Crippen molar-refractivity contribution in [2.24, 2.45) is 0 Å². The molecule has 0 fully saturated rings. The van der Waals surface area contributed by atoms with Crippen LogP contribution >= 0.6 is 0 Å². The fraction of sp³-hybridized carbons (Fsp3) is 0.188. The molecule has 0 spiro atoms. The highest BCUT2D eigenvalue weighted by molar-refractivity contribution is 5.75. The van der Waals surface area contributed by atoms with Crippen molar-refractivity contribution in [2.45, 2.75) is 13.1 Å². The Morgan fingerprint density at radius 1 is 1.20 bits per heavy atom. The standard InChI is InChI=1S/C16H15FN6O2/c1-21(8-12-2-4-13(17)5-3-12)16(25)9-22-15(24)7-6-14(20-22)23-11-18-10-19-23/h2-7,10-11H,8-9H2,1H3. The van der Waals surface area contributed by atoms with E-state index in [1.54, 1.807) is 19.2 Å². The number of hydrogen-bond acceptors (Lipinski definition) is 5. The first-order valence-corrected chi connectivity index (χ1v) is 7.44. The summed E-state index contributed by atoms with van der Waals surface area (Å²) in [7, 11) is 1.61. The number of carbonyl (C=O) groups is 1. The van der Waals surface area contributed by atoms with Crippen molar-refractivity contribution in [3.8, 4) is 5.82 Å². The van der Waals surface area contributed by atoms with Crippen LogP contribution in [0.1, 0.15) is 5.56 Å². The van der Waals surface area contributed by atoms with Gasteiger partial charge in [-0.2, -0.15) is 5.10 Å². The van der Waals surface area contributed by atoms with Gasteiger partial charge in [-0.05, 0) is 23.8 Å². The molecule has 0 N–H and O–H groups in total. The second kappa shape index (κ2) is 7.04. The topological polar surface area (TPSA) is 85.9 Å². The van der Waals surface area contributed by atoms with Gasteiger partial charge in [-0.25, -0.2) is 18.7 Å². The Kier molecular flexibility index (Phi) is 4.64. The Morgan fingerprint density at radius 3 is 2.64 bits per heavy atom. The predicted octanol–water partition coefficient (Wildman–Crippen LogP) is 0.622. The lowest BCUT2D eigenvalue weighted by Crippen LogP contribution is -2.35. The predicted molar refractivity (Wildman–Crippen MR) is 86.3 cm³/mol. The van der Waals surface area contributed by atoms with Crippen molar-refractivity contribution in [3.63, 3.8) is 0 Å². The van der Waals surface area contributed by atoms with E-state index in [-0.39, 0.29) is 18.3 Å². The van der Waals surface area contributed by atoms with E-state index in [1.807, 2.05) is 0 Å². The fourth-order valence-corrected chi connectivity index (χ4v) is 2.20. The first-order chi connectivity index (χ1) is 12.0. The fourth-order valence-electron chi connectivity index (χ4n) is 2.20. The zero-order valence-electron chi connectivity index (χ0n) is 13.4. The number of benzene rings is 1. The maximum Gasteiger partial charge on any atom is 0.267 e. The van der Waals surface area contributed by atoms with E-state index in [0.29, 0.717) is 12.4 Å². The zero-order chi connectivity index (χ0) is 17.8. The summed E-state index contributed by atoms with van der Waals surface area (Å²) in [4.78, 5) is 29.6. The quantitative estimate of drug-likeness (QED) is 0.678. The summed E-state index contributed by atoms with van der Waals surface area (Å²) in [5, 5.41) is 8.06. The molecule has 9 heteroatoms. The van der Waals surface area contributed by atoms with Gasteiger partial charge in [-0.1, -0.05) is 12.1 Å². The van der Waals surface area contributed by atoms with Gasteiger partial charge in [0.25, 0.3) is 5.56 Å². The van der Waals surface area contributed by atoms with Crippen LogP contribution in [0.15, 0.2) is 53.8 Å².